The molecule has 0 bridgehead atoms. The molecule has 1 N–H and O–H groups in total. The molecule has 2 aliphatic heterocycles. The fraction of sp³-hybridized carbons (Fsp3) is 0.375. The van der Waals surface area contributed by atoms with Crippen molar-refractivity contribution in [2.45, 2.75) is 31.1 Å². The van der Waals surface area contributed by atoms with Crippen molar-refractivity contribution < 1.29 is 14.1 Å². The van der Waals surface area contributed by atoms with E-state index in [4.69, 9.17) is 4.74 Å². The summed E-state index contributed by atoms with van der Waals surface area (Å²) in [5, 5.41) is 3.36. The summed E-state index contributed by atoms with van der Waals surface area (Å²) >= 11 is 0. The van der Waals surface area contributed by atoms with Crippen LogP contribution in [0, 0.1) is 0 Å². The molecule has 2 atom stereocenters. The monoisotopic (exact) mass is 424 g/mol. The summed E-state index contributed by atoms with van der Waals surface area (Å²) in [6, 6.07) is 20.2. The van der Waals surface area contributed by atoms with Gasteiger partial charge in [-0.3, -0.25) is 9.36 Å². The number of benzene rings is 2. The number of carbonyl (C=O) groups is 1. The molecule has 2 aliphatic rings. The zero-order valence-corrected chi connectivity index (χ0v) is 18.3. The molecule has 0 radical (unpaired) electrons. The molecule has 30 heavy (non-hydrogen) atoms. The lowest BCUT2D eigenvalue weighted by atomic mass is 10.0. The normalized spacial score (nSPS) is 23.9. The molecule has 2 heterocycles. The van der Waals surface area contributed by atoms with Crippen LogP contribution >= 0.6 is 7.29 Å². The van der Waals surface area contributed by atoms with E-state index in [1.807, 2.05) is 43.3 Å². The number of hydrogen-bond acceptors (Lipinski definition) is 3. The average molecular weight is 424 g/mol. The number of amides is 1. The number of hydrogen-bond donors (Lipinski definition) is 1. The van der Waals surface area contributed by atoms with E-state index >= 15 is 0 Å². The summed E-state index contributed by atoms with van der Waals surface area (Å²) < 4.78 is 19.9. The van der Waals surface area contributed by atoms with Crippen LogP contribution in [-0.4, -0.2) is 37.1 Å². The van der Waals surface area contributed by atoms with Crippen LogP contribution in [-0.2, 0) is 14.1 Å². The maximum atomic E-state index is 14.5. The molecule has 0 spiro atoms. The number of allylic oxidation sites excluding steroid dienone is 1. The summed E-state index contributed by atoms with van der Waals surface area (Å²) in [4.78, 5) is 14.4. The predicted molar refractivity (Wildman–Crippen MR) is 119 cm³/mol. The highest BCUT2D eigenvalue weighted by Gasteiger charge is 2.47. The van der Waals surface area contributed by atoms with E-state index in [1.54, 1.807) is 11.0 Å². The van der Waals surface area contributed by atoms with Crippen LogP contribution < -0.4 is 5.09 Å². The standard InChI is InChI=1S/C24H29N2O3P/c1-19(18-24(27)26-14-16-29-17-15-26)25-30(28)22(20-8-4-2-5-9-20)12-13-23(30)21-10-6-3-7-11-21/h2-11,18,22-23H,12-17H2,1H3,(H,25,28)/b19-18-/t22-,23-/m0/s1. The van der Waals surface area contributed by atoms with Gasteiger partial charge in [-0.25, -0.2) is 0 Å². The van der Waals surface area contributed by atoms with Crippen LogP contribution in [0.4, 0.5) is 0 Å². The third-order valence-electron chi connectivity index (χ3n) is 6.02. The van der Waals surface area contributed by atoms with Crippen LogP contribution in [0.25, 0.3) is 0 Å². The van der Waals surface area contributed by atoms with Gasteiger partial charge in [0, 0.05) is 24.9 Å². The van der Waals surface area contributed by atoms with Gasteiger partial charge in [0.05, 0.1) is 24.5 Å². The zero-order chi connectivity index (χ0) is 21.0. The highest BCUT2D eigenvalue weighted by atomic mass is 31.2. The number of nitrogens with one attached hydrogen (secondary N) is 1. The van der Waals surface area contributed by atoms with Crippen molar-refractivity contribution >= 4 is 13.2 Å². The Bertz CT molecular complexity index is 888. The van der Waals surface area contributed by atoms with E-state index in [0.717, 1.165) is 24.0 Å². The summed E-state index contributed by atoms with van der Waals surface area (Å²) in [5.74, 6) is -0.0541. The first-order valence-corrected chi connectivity index (χ1v) is 12.4. The number of nitrogens with zero attached hydrogens (tertiary/aromatic N) is 1. The Morgan fingerprint density at radius 3 is 1.97 bits per heavy atom. The number of morpholine rings is 1. The Morgan fingerprint density at radius 2 is 1.47 bits per heavy atom. The second kappa shape index (κ2) is 9.20. The first-order valence-electron chi connectivity index (χ1n) is 10.6. The van der Waals surface area contributed by atoms with Crippen molar-refractivity contribution in [2.24, 2.45) is 0 Å². The second-order valence-corrected chi connectivity index (χ2v) is 10.9. The largest absolute Gasteiger partial charge is 0.378 e. The molecule has 2 saturated heterocycles. The molecule has 0 aliphatic carbocycles. The molecule has 4 rings (SSSR count). The van der Waals surface area contributed by atoms with Crippen LogP contribution in [0.2, 0.25) is 0 Å². The van der Waals surface area contributed by atoms with Gasteiger partial charge in [0.2, 0.25) is 5.91 Å². The molecular weight excluding hydrogens is 395 g/mol. The lowest BCUT2D eigenvalue weighted by Gasteiger charge is -2.29. The van der Waals surface area contributed by atoms with Gasteiger partial charge in [-0.1, -0.05) is 60.7 Å². The quantitative estimate of drug-likeness (QED) is 0.548. The average Bonchev–Trinajstić information content (AvgIpc) is 3.11. The van der Waals surface area contributed by atoms with Gasteiger partial charge in [0.1, 0.15) is 0 Å². The number of rotatable bonds is 5. The van der Waals surface area contributed by atoms with Crippen LogP contribution in [0.3, 0.4) is 0 Å². The van der Waals surface area contributed by atoms with Crippen molar-refractivity contribution in [3.8, 4) is 0 Å². The molecule has 6 heteroatoms. The first kappa shape index (κ1) is 20.9. The fourth-order valence-corrected chi connectivity index (χ4v) is 8.22. The van der Waals surface area contributed by atoms with Gasteiger partial charge in [0.15, 0.2) is 7.29 Å². The lowest BCUT2D eigenvalue weighted by molar-refractivity contribution is -0.130. The van der Waals surface area contributed by atoms with Crippen molar-refractivity contribution in [3.63, 3.8) is 0 Å². The predicted octanol–water partition coefficient (Wildman–Crippen LogP) is 4.89. The highest BCUT2D eigenvalue weighted by Crippen LogP contribution is 2.74. The van der Waals surface area contributed by atoms with E-state index in [2.05, 4.69) is 29.4 Å². The minimum atomic E-state index is -2.90. The summed E-state index contributed by atoms with van der Waals surface area (Å²) in [6.45, 7) is 4.17. The van der Waals surface area contributed by atoms with E-state index in [-0.39, 0.29) is 17.2 Å². The zero-order valence-electron chi connectivity index (χ0n) is 17.4. The number of ether oxygens (including phenoxy) is 1. The van der Waals surface area contributed by atoms with Crippen LogP contribution in [0.15, 0.2) is 72.4 Å². The smallest absolute Gasteiger partial charge is 0.248 e. The maximum Gasteiger partial charge on any atom is 0.248 e. The van der Waals surface area contributed by atoms with Crippen molar-refractivity contribution in [2.75, 3.05) is 26.3 Å². The van der Waals surface area contributed by atoms with E-state index in [9.17, 15) is 9.36 Å². The van der Waals surface area contributed by atoms with Crippen molar-refractivity contribution in [1.82, 2.24) is 9.99 Å². The summed E-state index contributed by atoms with van der Waals surface area (Å²) in [7, 11) is -2.90. The van der Waals surface area contributed by atoms with E-state index in [0.29, 0.717) is 32.0 Å². The van der Waals surface area contributed by atoms with E-state index < -0.39 is 7.29 Å². The summed E-state index contributed by atoms with van der Waals surface area (Å²) in [6.07, 6.45) is 3.31. The van der Waals surface area contributed by atoms with Crippen molar-refractivity contribution in [3.05, 3.63) is 83.6 Å². The minimum absolute atomic E-state index is 0.0541. The maximum absolute atomic E-state index is 14.5. The van der Waals surface area contributed by atoms with Crippen LogP contribution in [0.5, 0.6) is 0 Å². The Balaban J connectivity index is 1.63. The molecule has 0 saturated carbocycles. The van der Waals surface area contributed by atoms with Gasteiger partial charge in [-0.05, 0) is 30.9 Å². The minimum Gasteiger partial charge on any atom is -0.378 e. The highest BCUT2D eigenvalue weighted by molar-refractivity contribution is 7.63. The molecule has 2 fully saturated rings. The second-order valence-electron chi connectivity index (χ2n) is 8.02. The molecule has 2 aromatic carbocycles. The van der Waals surface area contributed by atoms with Gasteiger partial charge in [0.25, 0.3) is 0 Å². The van der Waals surface area contributed by atoms with Gasteiger partial charge >= 0.3 is 0 Å². The Labute approximate surface area is 178 Å². The third-order valence-corrected chi connectivity index (χ3v) is 9.69. The molecule has 5 nitrogen and oxygen atoms in total. The summed E-state index contributed by atoms with van der Waals surface area (Å²) in [5.41, 5.74) is 2.73. The Hall–Kier alpha value is -2.36. The molecule has 0 aromatic heterocycles. The lowest BCUT2D eigenvalue weighted by Crippen LogP contribution is -2.40. The van der Waals surface area contributed by atoms with Gasteiger partial charge < -0.3 is 14.7 Å². The Morgan fingerprint density at radius 1 is 0.967 bits per heavy atom. The van der Waals surface area contributed by atoms with Gasteiger partial charge in [-0.2, -0.15) is 0 Å². The number of carbonyl (C=O) groups excluding carboxylic acids is 1. The first-order chi connectivity index (χ1) is 14.6. The topological polar surface area (TPSA) is 58.6 Å². The SMILES string of the molecule is C/C(=C/C(=O)N1CCOCC1)NP1(=O)[C@H](c2ccccc2)CC[C@H]1c1ccccc1. The molecule has 0 unspecified atom stereocenters. The molecular formula is C24H29N2O3P. The fourth-order valence-electron chi connectivity index (χ4n) is 4.57. The van der Waals surface area contributed by atoms with Gasteiger partial charge in [-0.15, -0.1) is 0 Å². The third kappa shape index (κ3) is 4.38. The van der Waals surface area contributed by atoms with Crippen LogP contribution in [0.1, 0.15) is 42.2 Å². The van der Waals surface area contributed by atoms with Crippen molar-refractivity contribution in [1.29, 1.82) is 0 Å². The molecule has 1 amide bonds. The van der Waals surface area contributed by atoms with E-state index in [1.165, 1.54) is 0 Å². The molecule has 158 valence electrons. The Kier molecular flexibility index (Phi) is 6.40. The molecule has 2 aromatic rings.